The van der Waals surface area contributed by atoms with Gasteiger partial charge in [-0.2, -0.15) is 5.26 Å². The Morgan fingerprint density at radius 2 is 2.12 bits per heavy atom. The highest BCUT2D eigenvalue weighted by Crippen LogP contribution is 2.45. The number of carbonyl (C=O) groups excluding carboxylic acids is 2. The van der Waals surface area contributed by atoms with Gasteiger partial charge < -0.3 is 5.73 Å². The molecular formula is C18H17BrN4O2. The van der Waals surface area contributed by atoms with Crippen LogP contribution in [0.5, 0.6) is 0 Å². The molecule has 2 aliphatic rings. The molecule has 0 saturated carbocycles. The molecule has 0 bridgehead atoms. The number of Topliss-reactive ketones (excluding diaryl/α,β-unsaturated/α-hetero) is 1. The summed E-state index contributed by atoms with van der Waals surface area (Å²) >= 11 is 3.51. The van der Waals surface area contributed by atoms with Crippen molar-refractivity contribution in [2.24, 2.45) is 5.73 Å². The number of ketones is 1. The number of nitriles is 1. The summed E-state index contributed by atoms with van der Waals surface area (Å²) in [5.74, 6) is -0.706. The van der Waals surface area contributed by atoms with Crippen LogP contribution < -0.4 is 11.2 Å². The summed E-state index contributed by atoms with van der Waals surface area (Å²) < 4.78 is 0.804. The predicted molar refractivity (Wildman–Crippen MR) is 95.2 cm³/mol. The number of carbonyl (C=O) groups is 2. The summed E-state index contributed by atoms with van der Waals surface area (Å²) in [7, 11) is 0. The molecule has 1 heterocycles. The van der Waals surface area contributed by atoms with Gasteiger partial charge in [0.15, 0.2) is 5.78 Å². The molecule has 3 N–H and O–H groups in total. The van der Waals surface area contributed by atoms with Crippen LogP contribution in [0.25, 0.3) is 0 Å². The minimum absolute atomic E-state index is 0.0161. The standard InChI is InChI=1S/C18H17BrN4O2/c1-10(24)22-23-14-7-4-8-15(25)17(14)16(12(9-20)18(23)21)11-5-2-3-6-13(11)19/h2-3,5-6,16H,4,7-8,21H2,1H3,(H,22,24). The van der Waals surface area contributed by atoms with Gasteiger partial charge in [0.05, 0.1) is 17.6 Å². The number of hydrogen-bond donors (Lipinski definition) is 2. The van der Waals surface area contributed by atoms with Crippen molar-refractivity contribution in [3.05, 3.63) is 57.0 Å². The van der Waals surface area contributed by atoms with Crippen LogP contribution >= 0.6 is 15.9 Å². The molecule has 0 spiro atoms. The highest BCUT2D eigenvalue weighted by Gasteiger charge is 2.40. The topological polar surface area (TPSA) is 99.2 Å². The molecule has 1 unspecified atom stereocenters. The molecule has 0 saturated heterocycles. The normalized spacial score (nSPS) is 20.3. The number of nitrogens with one attached hydrogen (secondary N) is 1. The lowest BCUT2D eigenvalue weighted by atomic mass is 9.76. The van der Waals surface area contributed by atoms with E-state index in [9.17, 15) is 14.9 Å². The number of amides is 1. The maximum atomic E-state index is 12.7. The summed E-state index contributed by atoms with van der Waals surface area (Å²) in [6.07, 6.45) is 1.72. The van der Waals surface area contributed by atoms with Crippen molar-refractivity contribution in [2.75, 3.05) is 0 Å². The highest BCUT2D eigenvalue weighted by atomic mass is 79.9. The molecule has 0 aromatic heterocycles. The molecule has 0 fully saturated rings. The van der Waals surface area contributed by atoms with Gasteiger partial charge in [0.2, 0.25) is 5.91 Å². The van der Waals surface area contributed by atoms with Crippen molar-refractivity contribution in [3.8, 4) is 6.07 Å². The number of benzene rings is 1. The maximum Gasteiger partial charge on any atom is 0.235 e. The van der Waals surface area contributed by atoms with Crippen molar-refractivity contribution < 1.29 is 9.59 Å². The Morgan fingerprint density at radius 3 is 2.76 bits per heavy atom. The SMILES string of the molecule is CC(=O)NN1C(N)=C(C#N)C(c2ccccc2Br)C2=C1CCCC2=O. The van der Waals surface area contributed by atoms with E-state index < -0.39 is 5.92 Å². The number of hydrazine groups is 1. The van der Waals surface area contributed by atoms with Crippen molar-refractivity contribution in [2.45, 2.75) is 32.1 Å². The van der Waals surface area contributed by atoms with Crippen molar-refractivity contribution >= 4 is 27.6 Å². The van der Waals surface area contributed by atoms with E-state index in [1.54, 1.807) is 0 Å². The zero-order valence-electron chi connectivity index (χ0n) is 13.7. The number of nitrogens with zero attached hydrogens (tertiary/aromatic N) is 2. The van der Waals surface area contributed by atoms with Gasteiger partial charge in [0, 0.05) is 29.1 Å². The zero-order chi connectivity index (χ0) is 18.1. The van der Waals surface area contributed by atoms with E-state index in [1.165, 1.54) is 11.9 Å². The fraction of sp³-hybridized carbons (Fsp3) is 0.278. The second-order valence-electron chi connectivity index (χ2n) is 6.01. The Hall–Kier alpha value is -2.59. The van der Waals surface area contributed by atoms with Gasteiger partial charge in [-0.1, -0.05) is 34.1 Å². The predicted octanol–water partition coefficient (Wildman–Crippen LogP) is 2.60. The molecule has 6 nitrogen and oxygen atoms in total. The van der Waals surface area contributed by atoms with Gasteiger partial charge in [0.25, 0.3) is 0 Å². The Labute approximate surface area is 154 Å². The van der Waals surface area contributed by atoms with E-state index in [1.807, 2.05) is 24.3 Å². The van der Waals surface area contributed by atoms with Gasteiger partial charge in [-0.3, -0.25) is 15.0 Å². The van der Waals surface area contributed by atoms with Gasteiger partial charge in [-0.15, -0.1) is 0 Å². The molecule has 1 atom stereocenters. The summed E-state index contributed by atoms with van der Waals surface area (Å²) in [5, 5.41) is 11.1. The lowest BCUT2D eigenvalue weighted by Crippen LogP contribution is -2.47. The van der Waals surface area contributed by atoms with E-state index in [0.29, 0.717) is 30.5 Å². The minimum atomic E-state index is -0.534. The first kappa shape index (κ1) is 17.2. The van der Waals surface area contributed by atoms with Crippen molar-refractivity contribution in [1.82, 2.24) is 10.4 Å². The molecule has 3 rings (SSSR count). The number of hydrogen-bond acceptors (Lipinski definition) is 5. The number of halogens is 1. The van der Waals surface area contributed by atoms with Crippen molar-refractivity contribution in [1.29, 1.82) is 5.26 Å². The molecule has 128 valence electrons. The first-order valence-corrected chi connectivity index (χ1v) is 8.72. The van der Waals surface area contributed by atoms with Gasteiger partial charge in [0.1, 0.15) is 5.82 Å². The van der Waals surface area contributed by atoms with E-state index in [0.717, 1.165) is 10.0 Å². The van der Waals surface area contributed by atoms with Crippen LogP contribution in [0.2, 0.25) is 0 Å². The van der Waals surface area contributed by atoms with E-state index >= 15 is 0 Å². The minimum Gasteiger partial charge on any atom is -0.383 e. The number of rotatable bonds is 2. The smallest absolute Gasteiger partial charge is 0.235 e. The van der Waals surface area contributed by atoms with Crippen LogP contribution in [0.3, 0.4) is 0 Å². The third kappa shape index (κ3) is 2.94. The molecule has 1 aromatic rings. The summed E-state index contributed by atoms with van der Waals surface area (Å²) in [5.41, 5.74) is 11.1. The van der Waals surface area contributed by atoms with Crippen LogP contribution in [0.1, 0.15) is 37.7 Å². The van der Waals surface area contributed by atoms with Crippen LogP contribution in [-0.2, 0) is 9.59 Å². The Bertz CT molecular complexity index is 866. The van der Waals surface area contributed by atoms with E-state index in [2.05, 4.69) is 27.4 Å². The monoisotopic (exact) mass is 400 g/mol. The highest BCUT2D eigenvalue weighted by molar-refractivity contribution is 9.10. The maximum absolute atomic E-state index is 12.7. The average molecular weight is 401 g/mol. The van der Waals surface area contributed by atoms with E-state index in [4.69, 9.17) is 5.73 Å². The molecule has 1 amide bonds. The Balaban J connectivity index is 2.26. The summed E-state index contributed by atoms with van der Waals surface area (Å²) in [6.45, 7) is 1.37. The lowest BCUT2D eigenvalue weighted by molar-refractivity contribution is -0.123. The van der Waals surface area contributed by atoms with Crippen molar-refractivity contribution in [3.63, 3.8) is 0 Å². The third-order valence-electron chi connectivity index (χ3n) is 4.40. The molecule has 0 radical (unpaired) electrons. The molecule has 1 aliphatic heterocycles. The summed E-state index contributed by atoms with van der Waals surface area (Å²) in [6, 6.07) is 9.62. The second kappa shape index (κ2) is 6.73. The molecule has 7 heteroatoms. The fourth-order valence-electron chi connectivity index (χ4n) is 3.39. The molecule has 1 aromatic carbocycles. The third-order valence-corrected chi connectivity index (χ3v) is 5.12. The average Bonchev–Trinajstić information content (AvgIpc) is 2.57. The van der Waals surface area contributed by atoms with Crippen LogP contribution in [0.4, 0.5) is 0 Å². The molecule has 1 aliphatic carbocycles. The molecule has 25 heavy (non-hydrogen) atoms. The second-order valence-corrected chi connectivity index (χ2v) is 6.86. The quantitative estimate of drug-likeness (QED) is 0.794. The first-order chi connectivity index (χ1) is 12.0. The van der Waals surface area contributed by atoms with Crippen LogP contribution in [0.15, 0.2) is 51.4 Å². The Morgan fingerprint density at radius 1 is 1.40 bits per heavy atom. The summed E-state index contributed by atoms with van der Waals surface area (Å²) in [4.78, 5) is 24.3. The number of allylic oxidation sites excluding steroid dienone is 3. The Kier molecular flexibility index (Phi) is 4.64. The van der Waals surface area contributed by atoms with Crippen LogP contribution in [-0.4, -0.2) is 16.7 Å². The zero-order valence-corrected chi connectivity index (χ0v) is 15.3. The van der Waals surface area contributed by atoms with E-state index in [-0.39, 0.29) is 23.1 Å². The largest absolute Gasteiger partial charge is 0.383 e. The van der Waals surface area contributed by atoms with Crippen LogP contribution in [0, 0.1) is 11.3 Å². The first-order valence-electron chi connectivity index (χ1n) is 7.93. The fourth-order valence-corrected chi connectivity index (χ4v) is 3.91. The van der Waals surface area contributed by atoms with Gasteiger partial charge in [-0.25, -0.2) is 5.01 Å². The number of nitrogens with two attached hydrogens (primary N) is 1. The lowest BCUT2D eigenvalue weighted by Gasteiger charge is -2.39. The molecular weight excluding hydrogens is 384 g/mol. The van der Waals surface area contributed by atoms with Gasteiger partial charge in [-0.05, 0) is 24.5 Å². The van der Waals surface area contributed by atoms with Gasteiger partial charge >= 0.3 is 0 Å².